The van der Waals surface area contributed by atoms with E-state index in [0.29, 0.717) is 11.3 Å². The van der Waals surface area contributed by atoms with Crippen LogP contribution in [0.3, 0.4) is 0 Å². The summed E-state index contributed by atoms with van der Waals surface area (Å²) in [6, 6.07) is 10.3. The van der Waals surface area contributed by atoms with Crippen LogP contribution in [0.2, 0.25) is 5.02 Å². The van der Waals surface area contributed by atoms with Gasteiger partial charge in [-0.05, 0) is 30.3 Å². The molecule has 3 amide bonds. The van der Waals surface area contributed by atoms with Gasteiger partial charge in [0, 0.05) is 19.9 Å². The number of carbonyl (C=O) groups is 3. The Morgan fingerprint density at radius 1 is 1.22 bits per heavy atom. The number of nitrogens with zero attached hydrogens (tertiary/aromatic N) is 2. The quantitative estimate of drug-likeness (QED) is 0.861. The molecular formula is C19H15ClFN3O3. The molecule has 0 saturated carbocycles. The lowest BCUT2D eigenvalue weighted by atomic mass is 9.96. The summed E-state index contributed by atoms with van der Waals surface area (Å²) >= 11 is 6.01. The Bertz CT molecular complexity index is 996. The van der Waals surface area contributed by atoms with E-state index in [9.17, 15) is 18.8 Å². The average Bonchev–Trinajstić information content (AvgIpc) is 3.01. The number of rotatable bonds is 2. The fourth-order valence-corrected chi connectivity index (χ4v) is 3.96. The molecule has 1 unspecified atom stereocenters. The van der Waals surface area contributed by atoms with E-state index < -0.39 is 17.4 Å². The van der Waals surface area contributed by atoms with E-state index in [2.05, 4.69) is 5.32 Å². The Hall–Kier alpha value is -2.93. The molecule has 1 atom stereocenters. The van der Waals surface area contributed by atoms with Gasteiger partial charge in [0.15, 0.2) is 0 Å². The lowest BCUT2D eigenvalue weighted by molar-refractivity contribution is -0.128. The molecule has 27 heavy (non-hydrogen) atoms. The lowest BCUT2D eigenvalue weighted by Gasteiger charge is -2.47. The van der Waals surface area contributed by atoms with Crippen molar-refractivity contribution in [3.63, 3.8) is 0 Å². The molecule has 8 heteroatoms. The zero-order valence-corrected chi connectivity index (χ0v) is 15.1. The van der Waals surface area contributed by atoms with Crippen LogP contribution in [0.4, 0.5) is 15.8 Å². The topological polar surface area (TPSA) is 69.7 Å². The van der Waals surface area contributed by atoms with Crippen LogP contribution in [0.25, 0.3) is 0 Å². The highest BCUT2D eigenvalue weighted by Gasteiger charge is 2.59. The van der Waals surface area contributed by atoms with Crippen molar-refractivity contribution in [1.82, 2.24) is 4.90 Å². The number of fused-ring (bicyclic) bond motifs is 3. The predicted octanol–water partition coefficient (Wildman–Crippen LogP) is 3.03. The maximum Gasteiger partial charge on any atom is 0.271 e. The van der Waals surface area contributed by atoms with Crippen molar-refractivity contribution in [2.75, 3.05) is 17.3 Å². The first-order valence-electron chi connectivity index (χ1n) is 8.33. The van der Waals surface area contributed by atoms with Crippen LogP contribution < -0.4 is 10.2 Å². The molecule has 2 aliphatic heterocycles. The zero-order valence-electron chi connectivity index (χ0n) is 14.3. The second kappa shape index (κ2) is 6.06. The Kier molecular flexibility index (Phi) is 3.92. The van der Waals surface area contributed by atoms with E-state index in [1.165, 1.54) is 29.0 Å². The smallest absolute Gasteiger partial charge is 0.271 e. The second-order valence-corrected chi connectivity index (χ2v) is 6.91. The van der Waals surface area contributed by atoms with Gasteiger partial charge in [-0.2, -0.15) is 0 Å². The van der Waals surface area contributed by atoms with Gasteiger partial charge in [0.05, 0.1) is 22.0 Å². The van der Waals surface area contributed by atoms with Crippen LogP contribution in [0.5, 0.6) is 0 Å². The molecule has 1 N–H and O–H groups in total. The van der Waals surface area contributed by atoms with Gasteiger partial charge in [0.2, 0.25) is 11.6 Å². The summed E-state index contributed by atoms with van der Waals surface area (Å²) in [5.74, 6) is -1.71. The van der Waals surface area contributed by atoms with Crippen LogP contribution in [0.15, 0.2) is 42.5 Å². The fourth-order valence-electron chi connectivity index (χ4n) is 3.74. The summed E-state index contributed by atoms with van der Waals surface area (Å²) in [4.78, 5) is 41.4. The molecule has 138 valence electrons. The molecule has 6 nitrogen and oxygen atoms in total. The largest absolute Gasteiger partial charge is 0.321 e. The highest BCUT2D eigenvalue weighted by atomic mass is 35.5. The Morgan fingerprint density at radius 3 is 2.70 bits per heavy atom. The van der Waals surface area contributed by atoms with Crippen LogP contribution in [-0.4, -0.2) is 35.3 Å². The van der Waals surface area contributed by atoms with Crippen molar-refractivity contribution in [1.29, 1.82) is 0 Å². The molecule has 0 radical (unpaired) electrons. The summed E-state index contributed by atoms with van der Waals surface area (Å²) < 4.78 is 13.3. The van der Waals surface area contributed by atoms with Gasteiger partial charge >= 0.3 is 0 Å². The fraction of sp³-hybridized carbons (Fsp3) is 0.211. The lowest BCUT2D eigenvalue weighted by Crippen LogP contribution is -2.68. The molecule has 0 aromatic heterocycles. The van der Waals surface area contributed by atoms with Crippen molar-refractivity contribution in [3.8, 4) is 0 Å². The number of hydrogen-bond donors (Lipinski definition) is 1. The molecule has 0 bridgehead atoms. The second-order valence-electron chi connectivity index (χ2n) is 6.51. The summed E-state index contributed by atoms with van der Waals surface area (Å²) in [6.45, 7) is 0. The van der Waals surface area contributed by atoms with Gasteiger partial charge in [-0.1, -0.05) is 23.7 Å². The minimum Gasteiger partial charge on any atom is -0.321 e. The number of anilines is 2. The zero-order chi connectivity index (χ0) is 19.3. The molecule has 0 aliphatic carbocycles. The predicted molar refractivity (Wildman–Crippen MR) is 98.0 cm³/mol. The minimum atomic E-state index is -1.50. The number of likely N-dealkylation sites (N-methyl/N-ethyl adjacent to an activating group) is 1. The van der Waals surface area contributed by atoms with E-state index in [1.807, 2.05) is 0 Å². The third-order valence-electron chi connectivity index (χ3n) is 5.08. The van der Waals surface area contributed by atoms with Gasteiger partial charge in [-0.3, -0.25) is 19.3 Å². The number of benzene rings is 2. The standard InChI is InChI=1S/C19H15ClFN3O3/c1-23-17(26)12-4-2-3-5-15(12)24-16(25)8-9-19(23,24)18(27)22-14-7-6-11(21)10-13(14)20/h2-7,10H,8-9H2,1H3,(H,22,27). The first-order chi connectivity index (χ1) is 12.9. The van der Waals surface area contributed by atoms with Gasteiger partial charge in [-0.15, -0.1) is 0 Å². The third-order valence-corrected chi connectivity index (χ3v) is 5.40. The van der Waals surface area contributed by atoms with E-state index in [-0.39, 0.29) is 35.4 Å². The molecule has 4 rings (SSSR count). The van der Waals surface area contributed by atoms with Crippen LogP contribution in [0.1, 0.15) is 23.2 Å². The number of hydrogen-bond acceptors (Lipinski definition) is 3. The van der Waals surface area contributed by atoms with Crippen molar-refractivity contribution in [2.45, 2.75) is 18.5 Å². The van der Waals surface area contributed by atoms with Gasteiger partial charge < -0.3 is 10.2 Å². The van der Waals surface area contributed by atoms with Crippen molar-refractivity contribution in [2.24, 2.45) is 0 Å². The van der Waals surface area contributed by atoms with E-state index in [1.54, 1.807) is 24.3 Å². The number of halogens is 2. The van der Waals surface area contributed by atoms with Crippen molar-refractivity contribution in [3.05, 3.63) is 58.9 Å². The first-order valence-corrected chi connectivity index (χ1v) is 8.71. The maximum atomic E-state index is 13.3. The minimum absolute atomic E-state index is 0.0285. The van der Waals surface area contributed by atoms with Crippen molar-refractivity contribution < 1.29 is 18.8 Å². The molecular weight excluding hydrogens is 373 g/mol. The Morgan fingerprint density at radius 2 is 1.96 bits per heavy atom. The van der Waals surface area contributed by atoms with Gasteiger partial charge in [-0.25, -0.2) is 4.39 Å². The van der Waals surface area contributed by atoms with E-state index >= 15 is 0 Å². The Labute approximate surface area is 159 Å². The van der Waals surface area contributed by atoms with Crippen LogP contribution in [0, 0.1) is 5.82 Å². The van der Waals surface area contributed by atoms with Crippen LogP contribution >= 0.6 is 11.6 Å². The summed E-state index contributed by atoms with van der Waals surface area (Å²) in [7, 11) is 1.50. The van der Waals surface area contributed by atoms with Crippen LogP contribution in [-0.2, 0) is 9.59 Å². The highest BCUT2D eigenvalue weighted by Crippen LogP contribution is 2.44. The van der Waals surface area contributed by atoms with E-state index in [0.717, 1.165) is 6.07 Å². The number of para-hydroxylation sites is 1. The normalized spacial score (nSPS) is 21.1. The monoisotopic (exact) mass is 387 g/mol. The molecule has 1 saturated heterocycles. The van der Waals surface area contributed by atoms with Gasteiger partial charge in [0.25, 0.3) is 11.8 Å². The molecule has 2 heterocycles. The maximum absolute atomic E-state index is 13.3. The Balaban J connectivity index is 1.81. The number of carbonyl (C=O) groups excluding carboxylic acids is 3. The third kappa shape index (κ3) is 2.42. The molecule has 2 aromatic rings. The highest BCUT2D eigenvalue weighted by molar-refractivity contribution is 6.34. The summed E-state index contributed by atoms with van der Waals surface area (Å²) in [5.41, 5.74) is -0.529. The van der Waals surface area contributed by atoms with Crippen molar-refractivity contribution >= 4 is 40.7 Å². The SMILES string of the molecule is CN1C(=O)c2ccccc2N2C(=O)CCC12C(=O)Nc1ccc(F)cc1Cl. The molecule has 1 fully saturated rings. The average molecular weight is 388 g/mol. The summed E-state index contributed by atoms with van der Waals surface area (Å²) in [6.07, 6.45) is 0.267. The number of amides is 3. The number of nitrogens with one attached hydrogen (secondary N) is 1. The molecule has 2 aromatic carbocycles. The molecule has 0 spiro atoms. The summed E-state index contributed by atoms with van der Waals surface area (Å²) in [5, 5.41) is 2.67. The van der Waals surface area contributed by atoms with Gasteiger partial charge in [0.1, 0.15) is 5.82 Å². The first kappa shape index (κ1) is 17.5. The van der Waals surface area contributed by atoms with E-state index in [4.69, 9.17) is 11.6 Å². The molecule has 2 aliphatic rings.